The van der Waals surface area contributed by atoms with E-state index in [0.29, 0.717) is 11.7 Å². The largest absolute Gasteiger partial charge is 0.339 e. The van der Waals surface area contributed by atoms with E-state index in [0.717, 1.165) is 32.1 Å². The first-order chi connectivity index (χ1) is 9.17. The standard InChI is InChI=1S/C15H19N3O/c1-11-5-2-3-6-12(11)7-8-13-17-14(18-19-13)15(16)9-4-10-15/h2-3,5-6H,4,7-10,16H2,1H3. The van der Waals surface area contributed by atoms with Crippen LogP contribution >= 0.6 is 0 Å². The van der Waals surface area contributed by atoms with Gasteiger partial charge in [0.05, 0.1) is 5.54 Å². The maximum absolute atomic E-state index is 6.18. The van der Waals surface area contributed by atoms with Crippen molar-refractivity contribution in [1.29, 1.82) is 0 Å². The van der Waals surface area contributed by atoms with Crippen molar-refractivity contribution >= 4 is 0 Å². The van der Waals surface area contributed by atoms with Crippen LogP contribution in [0, 0.1) is 6.92 Å². The normalized spacial score (nSPS) is 17.2. The molecule has 1 aliphatic carbocycles. The summed E-state index contributed by atoms with van der Waals surface area (Å²) in [5.74, 6) is 1.37. The monoisotopic (exact) mass is 257 g/mol. The van der Waals surface area contributed by atoms with Crippen molar-refractivity contribution in [1.82, 2.24) is 10.1 Å². The molecule has 0 amide bonds. The third-order valence-electron chi connectivity index (χ3n) is 4.03. The van der Waals surface area contributed by atoms with E-state index in [4.69, 9.17) is 10.3 Å². The van der Waals surface area contributed by atoms with Crippen molar-refractivity contribution in [3.8, 4) is 0 Å². The fourth-order valence-corrected chi connectivity index (χ4v) is 2.47. The lowest BCUT2D eigenvalue weighted by Crippen LogP contribution is -2.44. The van der Waals surface area contributed by atoms with E-state index in [1.807, 2.05) is 0 Å². The predicted molar refractivity (Wildman–Crippen MR) is 72.6 cm³/mol. The van der Waals surface area contributed by atoms with Crippen LogP contribution in [-0.4, -0.2) is 10.1 Å². The second-order valence-corrected chi connectivity index (χ2v) is 5.45. The van der Waals surface area contributed by atoms with Gasteiger partial charge in [-0.15, -0.1) is 0 Å². The predicted octanol–water partition coefficient (Wildman–Crippen LogP) is 2.50. The van der Waals surface area contributed by atoms with Gasteiger partial charge in [0.1, 0.15) is 0 Å². The van der Waals surface area contributed by atoms with Gasteiger partial charge in [0, 0.05) is 6.42 Å². The Balaban J connectivity index is 1.66. The Hall–Kier alpha value is -1.68. The zero-order chi connectivity index (χ0) is 13.3. The van der Waals surface area contributed by atoms with Gasteiger partial charge in [-0.3, -0.25) is 0 Å². The van der Waals surface area contributed by atoms with Crippen molar-refractivity contribution in [2.24, 2.45) is 5.73 Å². The molecule has 1 saturated carbocycles. The van der Waals surface area contributed by atoms with Gasteiger partial charge in [0.2, 0.25) is 5.89 Å². The first-order valence-corrected chi connectivity index (χ1v) is 6.84. The second kappa shape index (κ2) is 4.78. The number of hydrogen-bond donors (Lipinski definition) is 1. The van der Waals surface area contributed by atoms with Crippen LogP contribution in [0.1, 0.15) is 42.1 Å². The third kappa shape index (κ3) is 2.40. The Morgan fingerprint density at radius 1 is 1.26 bits per heavy atom. The summed E-state index contributed by atoms with van der Waals surface area (Å²) >= 11 is 0. The maximum atomic E-state index is 6.18. The fraction of sp³-hybridized carbons (Fsp3) is 0.467. The molecule has 0 saturated heterocycles. The Kier molecular flexibility index (Phi) is 3.11. The van der Waals surface area contributed by atoms with Gasteiger partial charge in [0.25, 0.3) is 0 Å². The molecule has 2 N–H and O–H groups in total. The molecule has 0 radical (unpaired) electrons. The minimum Gasteiger partial charge on any atom is -0.339 e. The first kappa shape index (κ1) is 12.4. The Labute approximate surface area is 113 Å². The summed E-state index contributed by atoms with van der Waals surface area (Å²) in [5, 5.41) is 4.03. The van der Waals surface area contributed by atoms with Crippen molar-refractivity contribution in [3.05, 3.63) is 47.1 Å². The number of nitrogens with two attached hydrogens (primary N) is 1. The molecule has 1 aromatic heterocycles. The van der Waals surface area contributed by atoms with Crippen LogP contribution in [0.25, 0.3) is 0 Å². The molecule has 0 bridgehead atoms. The van der Waals surface area contributed by atoms with E-state index < -0.39 is 0 Å². The summed E-state index contributed by atoms with van der Waals surface area (Å²) in [6, 6.07) is 8.38. The minimum absolute atomic E-state index is 0.329. The van der Waals surface area contributed by atoms with Crippen LogP contribution in [0.5, 0.6) is 0 Å². The second-order valence-electron chi connectivity index (χ2n) is 5.45. The number of benzene rings is 1. The van der Waals surface area contributed by atoms with E-state index in [1.54, 1.807) is 0 Å². The summed E-state index contributed by atoms with van der Waals surface area (Å²) in [6.45, 7) is 2.12. The van der Waals surface area contributed by atoms with Crippen LogP contribution in [0.4, 0.5) is 0 Å². The molecule has 0 atom stereocenters. The zero-order valence-corrected chi connectivity index (χ0v) is 11.2. The van der Waals surface area contributed by atoms with Gasteiger partial charge < -0.3 is 10.3 Å². The summed E-state index contributed by atoms with van der Waals surface area (Å²) in [6.07, 6.45) is 4.77. The molecule has 1 fully saturated rings. The highest BCUT2D eigenvalue weighted by atomic mass is 16.5. The Bertz CT molecular complexity index is 572. The fourth-order valence-electron chi connectivity index (χ4n) is 2.47. The van der Waals surface area contributed by atoms with Crippen molar-refractivity contribution < 1.29 is 4.52 Å². The maximum Gasteiger partial charge on any atom is 0.227 e. The first-order valence-electron chi connectivity index (χ1n) is 6.84. The SMILES string of the molecule is Cc1ccccc1CCc1nc(C2(N)CCC2)no1. The highest BCUT2D eigenvalue weighted by Gasteiger charge is 2.38. The third-order valence-corrected chi connectivity index (χ3v) is 4.03. The molecule has 100 valence electrons. The highest BCUT2D eigenvalue weighted by molar-refractivity contribution is 5.26. The average molecular weight is 257 g/mol. The van der Waals surface area contributed by atoms with Gasteiger partial charge >= 0.3 is 0 Å². The molecule has 0 unspecified atom stereocenters. The van der Waals surface area contributed by atoms with Crippen LogP contribution in [0.15, 0.2) is 28.8 Å². The smallest absolute Gasteiger partial charge is 0.227 e. The molecule has 0 aliphatic heterocycles. The van der Waals surface area contributed by atoms with Gasteiger partial charge in [-0.2, -0.15) is 4.98 Å². The van der Waals surface area contributed by atoms with Crippen LogP contribution in [0.3, 0.4) is 0 Å². The number of nitrogens with zero attached hydrogens (tertiary/aromatic N) is 2. The molecule has 3 rings (SSSR count). The molecule has 4 heteroatoms. The lowest BCUT2D eigenvalue weighted by atomic mass is 9.77. The molecule has 2 aromatic rings. The van der Waals surface area contributed by atoms with Crippen molar-refractivity contribution in [2.45, 2.75) is 44.6 Å². The van der Waals surface area contributed by atoms with E-state index >= 15 is 0 Å². The number of rotatable bonds is 4. The molecule has 19 heavy (non-hydrogen) atoms. The molecule has 0 spiro atoms. The van der Waals surface area contributed by atoms with Crippen molar-refractivity contribution in [3.63, 3.8) is 0 Å². The van der Waals surface area contributed by atoms with Gasteiger partial charge in [0.15, 0.2) is 5.82 Å². The van der Waals surface area contributed by atoms with Gasteiger partial charge in [-0.25, -0.2) is 0 Å². The van der Waals surface area contributed by atoms with E-state index in [1.165, 1.54) is 11.1 Å². The molecular weight excluding hydrogens is 238 g/mol. The van der Waals surface area contributed by atoms with E-state index in [2.05, 4.69) is 41.3 Å². The van der Waals surface area contributed by atoms with E-state index in [9.17, 15) is 0 Å². The van der Waals surface area contributed by atoms with Gasteiger partial charge in [-0.05, 0) is 43.7 Å². The minimum atomic E-state index is -0.329. The topological polar surface area (TPSA) is 64.9 Å². The summed E-state index contributed by atoms with van der Waals surface area (Å²) in [5.41, 5.74) is 8.48. The summed E-state index contributed by atoms with van der Waals surface area (Å²) in [4.78, 5) is 4.45. The highest BCUT2D eigenvalue weighted by Crippen LogP contribution is 2.36. The van der Waals surface area contributed by atoms with Crippen molar-refractivity contribution in [2.75, 3.05) is 0 Å². The Morgan fingerprint density at radius 3 is 2.74 bits per heavy atom. The van der Waals surface area contributed by atoms with Crippen LogP contribution < -0.4 is 5.73 Å². The molecule has 4 nitrogen and oxygen atoms in total. The van der Waals surface area contributed by atoms with Gasteiger partial charge in [-0.1, -0.05) is 29.4 Å². The number of aromatic nitrogens is 2. The lowest BCUT2D eigenvalue weighted by molar-refractivity contribution is 0.229. The van der Waals surface area contributed by atoms with Crippen LogP contribution in [0.2, 0.25) is 0 Å². The Morgan fingerprint density at radius 2 is 2.05 bits per heavy atom. The van der Waals surface area contributed by atoms with E-state index in [-0.39, 0.29) is 5.54 Å². The molecule has 1 heterocycles. The quantitative estimate of drug-likeness (QED) is 0.914. The molecule has 1 aromatic carbocycles. The summed E-state index contributed by atoms with van der Waals surface area (Å²) < 4.78 is 5.31. The van der Waals surface area contributed by atoms with Crippen LogP contribution in [-0.2, 0) is 18.4 Å². The number of hydrogen-bond acceptors (Lipinski definition) is 4. The summed E-state index contributed by atoms with van der Waals surface area (Å²) in [7, 11) is 0. The molecule has 1 aliphatic rings. The average Bonchev–Trinajstić information content (AvgIpc) is 2.84. The lowest BCUT2D eigenvalue weighted by Gasteiger charge is -2.34. The zero-order valence-electron chi connectivity index (χ0n) is 11.2. The number of aryl methyl sites for hydroxylation is 3. The molecular formula is C15H19N3O.